The predicted octanol–water partition coefficient (Wildman–Crippen LogP) is 4.31. The Kier molecular flexibility index (Phi) is 5.96. The highest BCUT2D eigenvalue weighted by atomic mass is 35.5. The number of benzene rings is 2. The maximum Gasteiger partial charge on any atom is 0.271 e. The van der Waals surface area contributed by atoms with E-state index in [0.29, 0.717) is 17.3 Å². The molecule has 0 saturated carbocycles. The lowest BCUT2D eigenvalue weighted by atomic mass is 10.1. The summed E-state index contributed by atoms with van der Waals surface area (Å²) < 4.78 is 0. The number of nitro benzene ring substituents is 1. The first-order valence-electron chi connectivity index (χ1n) is 7.43. The zero-order valence-electron chi connectivity index (χ0n) is 13.3. The van der Waals surface area contributed by atoms with Crippen molar-refractivity contribution in [3.63, 3.8) is 0 Å². The summed E-state index contributed by atoms with van der Waals surface area (Å²) in [5, 5.41) is 14.3. The van der Waals surface area contributed by atoms with Crippen molar-refractivity contribution in [3.05, 3.63) is 68.7 Å². The molecule has 0 aliphatic rings. The number of halogens is 1. The lowest BCUT2D eigenvalue weighted by molar-refractivity contribution is -0.384. The highest BCUT2D eigenvalue weighted by Crippen LogP contribution is 2.27. The zero-order chi connectivity index (χ0) is 16.8. The second kappa shape index (κ2) is 7.94. The summed E-state index contributed by atoms with van der Waals surface area (Å²) in [6.45, 7) is 4.65. The summed E-state index contributed by atoms with van der Waals surface area (Å²) >= 11 is 6.08. The highest BCUT2D eigenvalue weighted by Gasteiger charge is 2.09. The minimum atomic E-state index is -0.455. The van der Waals surface area contributed by atoms with E-state index in [1.54, 1.807) is 6.07 Å². The van der Waals surface area contributed by atoms with E-state index < -0.39 is 4.92 Å². The molecule has 0 radical (unpaired) electrons. The molecular weight excluding hydrogens is 314 g/mol. The Balaban J connectivity index is 2.03. The third-order valence-corrected chi connectivity index (χ3v) is 3.94. The number of nitro groups is 1. The van der Waals surface area contributed by atoms with Crippen LogP contribution in [-0.2, 0) is 13.1 Å². The molecule has 0 heterocycles. The number of anilines is 1. The van der Waals surface area contributed by atoms with Gasteiger partial charge < -0.3 is 10.2 Å². The lowest BCUT2D eigenvalue weighted by Crippen LogP contribution is -2.16. The number of hydrogen-bond donors (Lipinski definition) is 1. The molecule has 1 N–H and O–H groups in total. The van der Waals surface area contributed by atoms with Gasteiger partial charge in [0.1, 0.15) is 0 Å². The molecule has 0 fully saturated rings. The van der Waals surface area contributed by atoms with E-state index in [2.05, 4.69) is 36.3 Å². The SMILES string of the molecule is CCN(C)Cc1cccc(CNc2ccc([N+](=O)[O-])cc2Cl)c1. The van der Waals surface area contributed by atoms with Gasteiger partial charge in [0.2, 0.25) is 0 Å². The fourth-order valence-electron chi connectivity index (χ4n) is 2.22. The second-order valence-corrected chi connectivity index (χ2v) is 5.83. The van der Waals surface area contributed by atoms with E-state index in [1.165, 1.54) is 17.7 Å². The highest BCUT2D eigenvalue weighted by molar-refractivity contribution is 6.33. The number of hydrogen-bond acceptors (Lipinski definition) is 4. The lowest BCUT2D eigenvalue weighted by Gasteiger charge is -2.15. The Morgan fingerprint density at radius 2 is 1.96 bits per heavy atom. The Labute approximate surface area is 141 Å². The molecule has 0 saturated heterocycles. The van der Waals surface area contributed by atoms with Crippen LogP contribution in [0, 0.1) is 10.1 Å². The van der Waals surface area contributed by atoms with Crippen molar-refractivity contribution in [2.75, 3.05) is 18.9 Å². The van der Waals surface area contributed by atoms with Crippen molar-refractivity contribution in [3.8, 4) is 0 Å². The minimum Gasteiger partial charge on any atom is -0.380 e. The van der Waals surface area contributed by atoms with Crippen molar-refractivity contribution >= 4 is 23.0 Å². The van der Waals surface area contributed by atoms with Crippen molar-refractivity contribution in [1.29, 1.82) is 0 Å². The van der Waals surface area contributed by atoms with Gasteiger partial charge in [-0.3, -0.25) is 10.1 Å². The van der Waals surface area contributed by atoms with Gasteiger partial charge >= 0.3 is 0 Å². The van der Waals surface area contributed by atoms with Crippen LogP contribution in [0.4, 0.5) is 11.4 Å². The van der Waals surface area contributed by atoms with Crippen molar-refractivity contribution in [2.24, 2.45) is 0 Å². The number of rotatable bonds is 7. The molecule has 0 amide bonds. The molecule has 6 heteroatoms. The second-order valence-electron chi connectivity index (χ2n) is 5.43. The van der Waals surface area contributed by atoms with Gasteiger partial charge in [-0.2, -0.15) is 0 Å². The van der Waals surface area contributed by atoms with Crippen molar-refractivity contribution in [2.45, 2.75) is 20.0 Å². The van der Waals surface area contributed by atoms with E-state index in [0.717, 1.165) is 18.7 Å². The largest absolute Gasteiger partial charge is 0.380 e. The van der Waals surface area contributed by atoms with Crippen LogP contribution < -0.4 is 5.32 Å². The van der Waals surface area contributed by atoms with Gasteiger partial charge in [0.15, 0.2) is 0 Å². The molecule has 5 nitrogen and oxygen atoms in total. The molecule has 0 bridgehead atoms. The Morgan fingerprint density at radius 3 is 2.61 bits per heavy atom. The van der Waals surface area contributed by atoms with Crippen LogP contribution >= 0.6 is 11.6 Å². The van der Waals surface area contributed by atoms with E-state index >= 15 is 0 Å². The quantitative estimate of drug-likeness (QED) is 0.606. The molecular formula is C17H20ClN3O2. The third kappa shape index (κ3) is 4.94. The number of non-ortho nitro benzene ring substituents is 1. The predicted molar refractivity (Wildman–Crippen MR) is 93.9 cm³/mol. The molecule has 2 rings (SSSR count). The van der Waals surface area contributed by atoms with Crippen LogP contribution in [0.1, 0.15) is 18.1 Å². The van der Waals surface area contributed by atoms with Crippen LogP contribution in [0.3, 0.4) is 0 Å². The first-order valence-corrected chi connectivity index (χ1v) is 7.81. The van der Waals surface area contributed by atoms with E-state index in [-0.39, 0.29) is 5.69 Å². The van der Waals surface area contributed by atoms with Crippen molar-refractivity contribution < 1.29 is 4.92 Å². The Bertz CT molecular complexity index is 691. The molecule has 2 aromatic carbocycles. The fourth-order valence-corrected chi connectivity index (χ4v) is 2.46. The molecule has 0 aliphatic heterocycles. The average molecular weight is 334 g/mol. The molecule has 0 atom stereocenters. The van der Waals surface area contributed by atoms with Gasteiger partial charge in [-0.1, -0.05) is 42.8 Å². The monoisotopic (exact) mass is 333 g/mol. The van der Waals surface area contributed by atoms with Crippen LogP contribution in [0.15, 0.2) is 42.5 Å². The van der Waals surface area contributed by atoms with E-state index in [9.17, 15) is 10.1 Å². The van der Waals surface area contributed by atoms with Gasteiger partial charge in [-0.05, 0) is 30.8 Å². The van der Waals surface area contributed by atoms with Crippen LogP contribution in [0.25, 0.3) is 0 Å². The van der Waals surface area contributed by atoms with Gasteiger partial charge in [0, 0.05) is 25.2 Å². The molecule has 23 heavy (non-hydrogen) atoms. The Hall–Kier alpha value is -2.11. The van der Waals surface area contributed by atoms with Crippen LogP contribution in [0.2, 0.25) is 5.02 Å². The van der Waals surface area contributed by atoms with Gasteiger partial charge in [0.25, 0.3) is 5.69 Å². The molecule has 0 unspecified atom stereocenters. The van der Waals surface area contributed by atoms with Gasteiger partial charge in [0.05, 0.1) is 15.6 Å². The van der Waals surface area contributed by atoms with Crippen molar-refractivity contribution in [1.82, 2.24) is 4.90 Å². The van der Waals surface area contributed by atoms with E-state index in [1.807, 2.05) is 12.1 Å². The molecule has 0 aliphatic carbocycles. The maximum atomic E-state index is 10.7. The summed E-state index contributed by atoms with van der Waals surface area (Å²) in [6, 6.07) is 12.8. The molecule has 0 spiro atoms. The fraction of sp³-hybridized carbons (Fsp3) is 0.294. The Morgan fingerprint density at radius 1 is 1.22 bits per heavy atom. The summed E-state index contributed by atoms with van der Waals surface area (Å²) in [5.41, 5.74) is 3.07. The average Bonchev–Trinajstić information content (AvgIpc) is 2.53. The van der Waals surface area contributed by atoms with E-state index in [4.69, 9.17) is 11.6 Å². The van der Waals surface area contributed by atoms with Gasteiger partial charge in [-0.15, -0.1) is 0 Å². The normalized spacial score (nSPS) is 10.8. The molecule has 0 aromatic heterocycles. The smallest absolute Gasteiger partial charge is 0.271 e. The molecule has 122 valence electrons. The number of nitrogens with zero attached hydrogens (tertiary/aromatic N) is 2. The standard InChI is InChI=1S/C17H20ClN3O2/c1-3-20(2)12-14-6-4-5-13(9-14)11-19-17-8-7-15(21(22)23)10-16(17)18/h4-10,19H,3,11-12H2,1-2H3. The first kappa shape index (κ1) is 17.2. The van der Waals surface area contributed by atoms with Crippen LogP contribution in [-0.4, -0.2) is 23.4 Å². The topological polar surface area (TPSA) is 58.4 Å². The summed E-state index contributed by atoms with van der Waals surface area (Å²) in [6.07, 6.45) is 0. The summed E-state index contributed by atoms with van der Waals surface area (Å²) in [5.74, 6) is 0. The summed E-state index contributed by atoms with van der Waals surface area (Å²) in [7, 11) is 2.08. The maximum absolute atomic E-state index is 10.7. The van der Waals surface area contributed by atoms with Gasteiger partial charge in [-0.25, -0.2) is 0 Å². The molecule has 2 aromatic rings. The minimum absolute atomic E-state index is 0.00912. The first-order chi connectivity index (χ1) is 11.0. The zero-order valence-corrected chi connectivity index (χ0v) is 14.0. The van der Waals surface area contributed by atoms with Crippen LogP contribution in [0.5, 0.6) is 0 Å². The number of nitrogens with one attached hydrogen (secondary N) is 1. The summed E-state index contributed by atoms with van der Waals surface area (Å²) in [4.78, 5) is 12.5. The third-order valence-electron chi connectivity index (χ3n) is 3.63.